The lowest BCUT2D eigenvalue weighted by atomic mass is 10.1. The number of nitrogens with one attached hydrogen (secondary N) is 1. The molecule has 1 heterocycles. The maximum Gasteiger partial charge on any atom is 0.419 e. The van der Waals surface area contributed by atoms with Gasteiger partial charge < -0.3 is 19.5 Å². The van der Waals surface area contributed by atoms with Gasteiger partial charge in [-0.3, -0.25) is 4.79 Å². The van der Waals surface area contributed by atoms with Gasteiger partial charge in [0.2, 0.25) is 0 Å². The van der Waals surface area contributed by atoms with Gasteiger partial charge in [0.15, 0.2) is 5.75 Å². The number of ether oxygens (including phenoxy) is 1. The van der Waals surface area contributed by atoms with E-state index in [0.29, 0.717) is 42.7 Å². The zero-order chi connectivity index (χ0) is 27.4. The summed E-state index contributed by atoms with van der Waals surface area (Å²) in [5.41, 5.74) is 0.0959. The van der Waals surface area contributed by atoms with Gasteiger partial charge in [-0.2, -0.15) is 13.2 Å². The van der Waals surface area contributed by atoms with Crippen LogP contribution < -0.4 is 10.1 Å². The summed E-state index contributed by atoms with van der Waals surface area (Å²) in [5, 5.41) is 3.15. The van der Waals surface area contributed by atoms with Crippen molar-refractivity contribution in [1.82, 2.24) is 9.47 Å². The molecule has 0 spiro atoms. The summed E-state index contributed by atoms with van der Waals surface area (Å²) >= 11 is 0. The maximum atomic E-state index is 14.1. The molecule has 0 unspecified atom stereocenters. The first kappa shape index (κ1) is 26.7. The van der Waals surface area contributed by atoms with E-state index in [4.69, 9.17) is 4.74 Å². The number of nitrogens with zero attached hydrogens (tertiary/aromatic N) is 2. The second kappa shape index (κ2) is 11.0. The van der Waals surface area contributed by atoms with Crippen molar-refractivity contribution in [3.8, 4) is 5.75 Å². The largest absolute Gasteiger partial charge is 0.419 e. The lowest BCUT2D eigenvalue weighted by molar-refractivity contribution is -0.140. The number of hydrogen-bond acceptors (Lipinski definition) is 3. The Bertz CT molecular complexity index is 1460. The predicted molar refractivity (Wildman–Crippen MR) is 136 cm³/mol. The molecule has 0 aliphatic carbocycles. The number of rotatable bonds is 7. The van der Waals surface area contributed by atoms with Crippen LogP contribution in [0.15, 0.2) is 72.9 Å². The standard InChI is InChI=1S/C28H25F4N3O3/c1-3-34(4-2)27(37)38-24-13-12-23-20(14-15-35(23)17-18-8-6-5-7-9-18)25(24)33-26(36)19-10-11-21(22(29)16-19)28(30,31)32/h5-16H,3-4,17H2,1-2H3,(H,33,36). The van der Waals surface area contributed by atoms with Crippen molar-refractivity contribution in [2.24, 2.45) is 0 Å². The van der Waals surface area contributed by atoms with E-state index in [1.165, 1.54) is 11.0 Å². The summed E-state index contributed by atoms with van der Waals surface area (Å²) < 4.78 is 60.6. The van der Waals surface area contributed by atoms with E-state index < -0.39 is 29.6 Å². The highest BCUT2D eigenvalue weighted by Crippen LogP contribution is 2.36. The molecular weight excluding hydrogens is 502 g/mol. The Morgan fingerprint density at radius 1 is 0.974 bits per heavy atom. The molecule has 198 valence electrons. The number of hydrogen-bond donors (Lipinski definition) is 1. The molecular formula is C28H25F4N3O3. The molecule has 0 fully saturated rings. The number of carbonyl (C=O) groups excluding carboxylic acids is 2. The van der Waals surface area contributed by atoms with Gasteiger partial charge in [0.05, 0.1) is 16.8 Å². The monoisotopic (exact) mass is 527 g/mol. The molecule has 0 saturated heterocycles. The normalized spacial score (nSPS) is 11.4. The van der Waals surface area contributed by atoms with Crippen LogP contribution in [0.3, 0.4) is 0 Å². The van der Waals surface area contributed by atoms with Crippen LogP contribution in [0.2, 0.25) is 0 Å². The molecule has 0 bridgehead atoms. The van der Waals surface area contributed by atoms with Crippen molar-refractivity contribution in [3.63, 3.8) is 0 Å². The fraction of sp³-hybridized carbons (Fsp3) is 0.214. The fourth-order valence-corrected chi connectivity index (χ4v) is 4.10. The number of alkyl halides is 3. The van der Waals surface area contributed by atoms with Crippen molar-refractivity contribution >= 4 is 28.6 Å². The Labute approximate surface area is 216 Å². The number of aromatic nitrogens is 1. The van der Waals surface area contributed by atoms with Crippen molar-refractivity contribution < 1.29 is 31.9 Å². The SMILES string of the molecule is CCN(CC)C(=O)Oc1ccc2c(ccn2Cc2ccccc2)c1NC(=O)c1ccc(C(F)(F)F)c(F)c1. The number of halogens is 4. The summed E-state index contributed by atoms with van der Waals surface area (Å²) in [6.45, 7) is 4.91. The minimum atomic E-state index is -4.89. The summed E-state index contributed by atoms with van der Waals surface area (Å²) in [5.74, 6) is -2.38. The van der Waals surface area contributed by atoms with Crippen molar-refractivity contribution in [3.05, 3.63) is 95.4 Å². The van der Waals surface area contributed by atoms with Gasteiger partial charge in [0.25, 0.3) is 5.91 Å². The highest BCUT2D eigenvalue weighted by Gasteiger charge is 2.34. The minimum Gasteiger partial charge on any atom is -0.408 e. The second-order valence-corrected chi connectivity index (χ2v) is 8.49. The van der Waals surface area contributed by atoms with E-state index in [1.807, 2.05) is 34.9 Å². The van der Waals surface area contributed by atoms with Gasteiger partial charge in [-0.05, 0) is 55.8 Å². The first-order chi connectivity index (χ1) is 18.1. The van der Waals surface area contributed by atoms with Crippen LogP contribution in [-0.2, 0) is 12.7 Å². The third kappa shape index (κ3) is 5.64. The number of amides is 2. The predicted octanol–water partition coefficient (Wildman–Crippen LogP) is 6.94. The van der Waals surface area contributed by atoms with Crippen LogP contribution in [0.1, 0.15) is 35.3 Å². The quantitative estimate of drug-likeness (QED) is 0.265. The second-order valence-electron chi connectivity index (χ2n) is 8.49. The summed E-state index contributed by atoms with van der Waals surface area (Å²) in [4.78, 5) is 27.2. The first-order valence-corrected chi connectivity index (χ1v) is 11.9. The Hall–Kier alpha value is -4.34. The lowest BCUT2D eigenvalue weighted by Gasteiger charge is -2.20. The van der Waals surface area contributed by atoms with Gasteiger partial charge in [-0.1, -0.05) is 30.3 Å². The zero-order valence-corrected chi connectivity index (χ0v) is 20.7. The van der Waals surface area contributed by atoms with Gasteiger partial charge in [-0.25, -0.2) is 9.18 Å². The Balaban J connectivity index is 1.73. The lowest BCUT2D eigenvalue weighted by Crippen LogP contribution is -2.33. The molecule has 0 radical (unpaired) electrons. The molecule has 0 saturated carbocycles. The number of carbonyl (C=O) groups is 2. The van der Waals surface area contributed by atoms with Crippen LogP contribution in [-0.4, -0.2) is 34.6 Å². The highest BCUT2D eigenvalue weighted by molar-refractivity contribution is 6.10. The summed E-state index contributed by atoms with van der Waals surface area (Å²) in [6.07, 6.45) is -3.71. The molecule has 6 nitrogen and oxygen atoms in total. The molecule has 10 heteroatoms. The van der Waals surface area contributed by atoms with E-state index >= 15 is 0 Å². The average molecular weight is 528 g/mol. The zero-order valence-electron chi connectivity index (χ0n) is 20.7. The third-order valence-corrected chi connectivity index (χ3v) is 6.10. The first-order valence-electron chi connectivity index (χ1n) is 11.9. The Morgan fingerprint density at radius 2 is 1.68 bits per heavy atom. The molecule has 0 aliphatic rings. The van der Waals surface area contributed by atoms with Crippen molar-refractivity contribution in [2.45, 2.75) is 26.6 Å². The number of benzene rings is 3. The molecule has 0 atom stereocenters. The van der Waals surface area contributed by atoms with Crippen LogP contribution >= 0.6 is 0 Å². The Kier molecular flexibility index (Phi) is 7.70. The number of anilines is 1. The fourth-order valence-electron chi connectivity index (χ4n) is 4.10. The summed E-state index contributed by atoms with van der Waals surface area (Å²) in [6, 6.07) is 16.6. The molecule has 38 heavy (non-hydrogen) atoms. The Morgan fingerprint density at radius 3 is 2.32 bits per heavy atom. The van der Waals surface area contributed by atoms with Gasteiger partial charge in [-0.15, -0.1) is 0 Å². The summed E-state index contributed by atoms with van der Waals surface area (Å²) in [7, 11) is 0. The van der Waals surface area contributed by atoms with Gasteiger partial charge in [0.1, 0.15) is 5.82 Å². The molecule has 0 aliphatic heterocycles. The van der Waals surface area contributed by atoms with E-state index in [-0.39, 0.29) is 17.0 Å². The molecule has 1 aromatic heterocycles. The average Bonchev–Trinajstić information content (AvgIpc) is 3.28. The maximum absolute atomic E-state index is 14.1. The number of fused-ring (bicyclic) bond motifs is 1. The smallest absolute Gasteiger partial charge is 0.408 e. The molecule has 1 N–H and O–H groups in total. The topological polar surface area (TPSA) is 63.6 Å². The van der Waals surface area contributed by atoms with Crippen LogP contribution in [0.5, 0.6) is 5.75 Å². The third-order valence-electron chi connectivity index (χ3n) is 6.10. The molecule has 4 aromatic rings. The van der Waals surface area contributed by atoms with Crippen LogP contribution in [0.25, 0.3) is 10.9 Å². The van der Waals surface area contributed by atoms with Crippen molar-refractivity contribution in [2.75, 3.05) is 18.4 Å². The van der Waals surface area contributed by atoms with Gasteiger partial charge >= 0.3 is 12.3 Å². The minimum absolute atomic E-state index is 0.0487. The van der Waals surface area contributed by atoms with E-state index in [2.05, 4.69) is 5.32 Å². The molecule has 4 rings (SSSR count). The van der Waals surface area contributed by atoms with E-state index in [9.17, 15) is 27.2 Å². The molecule has 2 amide bonds. The van der Waals surface area contributed by atoms with E-state index in [1.54, 1.807) is 32.2 Å². The van der Waals surface area contributed by atoms with Gasteiger partial charge in [0, 0.05) is 36.8 Å². The van der Waals surface area contributed by atoms with Crippen LogP contribution in [0.4, 0.5) is 28.0 Å². The van der Waals surface area contributed by atoms with E-state index in [0.717, 1.165) is 11.6 Å². The highest BCUT2D eigenvalue weighted by atomic mass is 19.4. The van der Waals surface area contributed by atoms with Crippen molar-refractivity contribution in [1.29, 1.82) is 0 Å². The van der Waals surface area contributed by atoms with Crippen LogP contribution in [0, 0.1) is 5.82 Å². The molecule has 3 aromatic carbocycles.